The van der Waals surface area contributed by atoms with Crippen LogP contribution in [0.1, 0.15) is 127 Å². The molecule has 5 nitrogen and oxygen atoms in total. The highest BCUT2D eigenvalue weighted by Gasteiger charge is 2.66. The molecule has 7 rings (SSSR count). The summed E-state index contributed by atoms with van der Waals surface area (Å²) < 4.78 is 12.3. The molecular weight excluding hydrogens is 606 g/mol. The number of nitrogens with two attached hydrogens (primary N) is 1. The summed E-state index contributed by atoms with van der Waals surface area (Å²) in [5.41, 5.74) is 11.2. The number of fused-ring (bicyclic) bond motifs is 7. The Labute approximate surface area is 294 Å². The molecule has 2 N–H and O–H groups in total. The predicted octanol–water partition coefficient (Wildman–Crippen LogP) is 10.4. The van der Waals surface area contributed by atoms with Crippen LogP contribution < -0.4 is 5.73 Å². The van der Waals surface area contributed by atoms with Gasteiger partial charge in [-0.05, 0) is 139 Å². The highest BCUT2D eigenvalue weighted by Crippen LogP contribution is 2.74. The van der Waals surface area contributed by atoms with Crippen molar-refractivity contribution >= 4 is 17.6 Å². The summed E-state index contributed by atoms with van der Waals surface area (Å²) in [4.78, 5) is 26.2. The van der Waals surface area contributed by atoms with Crippen LogP contribution in [0.5, 0.6) is 0 Å². The minimum absolute atomic E-state index is 0.0372. The lowest BCUT2D eigenvalue weighted by Gasteiger charge is -2.69. The monoisotopic (exact) mass is 663 g/mol. The van der Waals surface area contributed by atoms with E-state index in [9.17, 15) is 9.59 Å². The van der Waals surface area contributed by atoms with Crippen molar-refractivity contribution in [3.05, 3.63) is 89.0 Å². The lowest BCUT2D eigenvalue weighted by Crippen LogP contribution is -2.61. The molecule has 0 spiro atoms. The summed E-state index contributed by atoms with van der Waals surface area (Å²) in [5.74, 6) is 0.450. The lowest BCUT2D eigenvalue weighted by atomic mass is 9.36. The second kappa shape index (κ2) is 11.6. The van der Waals surface area contributed by atoms with Crippen LogP contribution in [-0.2, 0) is 9.47 Å². The summed E-state index contributed by atoms with van der Waals surface area (Å²) in [6.07, 6.45) is 14.9. The molecule has 0 bridgehead atoms. The van der Waals surface area contributed by atoms with E-state index in [0.717, 1.165) is 38.5 Å². The number of carbonyl (C=O) groups is 2. The number of allylic oxidation sites excluding steroid dienone is 4. The quantitative estimate of drug-likeness (QED) is 0.254. The van der Waals surface area contributed by atoms with Gasteiger partial charge in [0.25, 0.3) is 0 Å². The minimum atomic E-state index is -0.256. The van der Waals surface area contributed by atoms with Gasteiger partial charge in [-0.25, -0.2) is 9.59 Å². The van der Waals surface area contributed by atoms with Gasteiger partial charge in [-0.1, -0.05) is 78.8 Å². The van der Waals surface area contributed by atoms with Gasteiger partial charge in [-0.15, -0.1) is 0 Å². The van der Waals surface area contributed by atoms with Crippen LogP contribution >= 0.6 is 0 Å². The lowest BCUT2D eigenvalue weighted by molar-refractivity contribution is -0.150. The van der Waals surface area contributed by atoms with E-state index in [1.54, 1.807) is 35.4 Å². The molecule has 3 saturated carbocycles. The Morgan fingerprint density at radius 2 is 1.43 bits per heavy atom. The Bertz CT molecular complexity index is 1690. The summed E-state index contributed by atoms with van der Waals surface area (Å²) >= 11 is 0. The summed E-state index contributed by atoms with van der Waals surface area (Å²) in [5, 5.41) is 0. The first-order valence-electron chi connectivity index (χ1n) is 18.8. The van der Waals surface area contributed by atoms with Crippen molar-refractivity contribution in [1.82, 2.24) is 0 Å². The van der Waals surface area contributed by atoms with E-state index < -0.39 is 0 Å². The SMILES string of the molecule is CC1(C)[C@H](OC(=O)c2ccc(N)cc2)CC[C@]2(C)C3=CC[C@@]4(C)[C@@H]5C[C@](C)(COC(=O)c6ccccc6)CC[C@]5(C)CC[C@]4(C)C3=CC[C@@H]12. The van der Waals surface area contributed by atoms with Crippen LogP contribution in [0, 0.1) is 44.3 Å². The minimum Gasteiger partial charge on any atom is -0.462 e. The first kappa shape index (κ1) is 34.1. The maximum Gasteiger partial charge on any atom is 0.338 e. The van der Waals surface area contributed by atoms with Gasteiger partial charge >= 0.3 is 11.9 Å². The average molecular weight is 664 g/mol. The van der Waals surface area contributed by atoms with E-state index in [1.807, 2.05) is 30.3 Å². The number of nitrogen functional groups attached to an aromatic ring is 1. The Morgan fingerprint density at radius 3 is 2.14 bits per heavy atom. The molecule has 0 aromatic heterocycles. The number of hydrogen-bond acceptors (Lipinski definition) is 5. The molecule has 0 amide bonds. The third-order valence-electron chi connectivity index (χ3n) is 15.2. The van der Waals surface area contributed by atoms with E-state index in [-0.39, 0.29) is 45.1 Å². The van der Waals surface area contributed by atoms with Crippen LogP contribution in [0.3, 0.4) is 0 Å². The van der Waals surface area contributed by atoms with Crippen molar-refractivity contribution in [3.8, 4) is 0 Å². The van der Waals surface area contributed by atoms with Gasteiger partial charge in [0.15, 0.2) is 0 Å². The molecule has 49 heavy (non-hydrogen) atoms. The zero-order valence-corrected chi connectivity index (χ0v) is 30.9. The van der Waals surface area contributed by atoms with Gasteiger partial charge in [-0.2, -0.15) is 0 Å². The van der Waals surface area contributed by atoms with Crippen molar-refractivity contribution in [2.24, 2.45) is 44.3 Å². The zero-order valence-electron chi connectivity index (χ0n) is 30.9. The number of anilines is 1. The van der Waals surface area contributed by atoms with Crippen LogP contribution in [0.2, 0.25) is 0 Å². The fourth-order valence-electron chi connectivity index (χ4n) is 11.7. The first-order chi connectivity index (χ1) is 23.0. The van der Waals surface area contributed by atoms with Crippen molar-refractivity contribution in [1.29, 1.82) is 0 Å². The predicted molar refractivity (Wildman–Crippen MR) is 196 cm³/mol. The van der Waals surface area contributed by atoms with Crippen molar-refractivity contribution in [2.45, 2.75) is 112 Å². The van der Waals surface area contributed by atoms with Gasteiger partial charge in [0.1, 0.15) is 6.10 Å². The van der Waals surface area contributed by atoms with Crippen LogP contribution in [0.15, 0.2) is 77.9 Å². The maximum atomic E-state index is 13.2. The standard InChI is InChI=1S/C44H57NO4/c1-39(2)34-18-17-33-32(42(34,5)21-20-36(39)49-38(47)30-13-15-31(45)16-14-30)19-22-44(7)35-27-40(3,23-24-41(35,4)25-26-43(33,44)6)28-48-37(46)29-11-9-8-10-12-29/h8-17,19,34-36H,18,20-28,45H2,1-7H3/t34-,35+,36+,40+,41+,42+,43+,44-/m0/s1. The Kier molecular flexibility index (Phi) is 8.08. The molecule has 5 heteroatoms. The molecule has 0 radical (unpaired) electrons. The molecule has 0 heterocycles. The molecule has 5 aliphatic rings. The molecule has 262 valence electrons. The number of hydrogen-bond donors (Lipinski definition) is 1. The third-order valence-corrected chi connectivity index (χ3v) is 15.2. The second-order valence-corrected chi connectivity index (χ2v) is 18.4. The zero-order chi connectivity index (χ0) is 35.0. The Hall–Kier alpha value is -3.34. The smallest absolute Gasteiger partial charge is 0.338 e. The molecule has 0 unspecified atom stereocenters. The summed E-state index contributed by atoms with van der Waals surface area (Å²) in [6.45, 7) is 17.7. The summed E-state index contributed by atoms with van der Waals surface area (Å²) in [6, 6.07) is 16.5. The number of benzene rings is 2. The van der Waals surface area contributed by atoms with E-state index in [2.05, 4.69) is 60.6 Å². The molecule has 5 aliphatic carbocycles. The number of carbonyl (C=O) groups excluding carboxylic acids is 2. The van der Waals surface area contributed by atoms with Gasteiger partial charge in [0.2, 0.25) is 0 Å². The normalized spacial score (nSPS) is 39.1. The van der Waals surface area contributed by atoms with Crippen molar-refractivity contribution < 1.29 is 19.1 Å². The summed E-state index contributed by atoms with van der Waals surface area (Å²) in [7, 11) is 0. The molecule has 2 aromatic rings. The molecule has 0 aliphatic heterocycles. The largest absolute Gasteiger partial charge is 0.462 e. The second-order valence-electron chi connectivity index (χ2n) is 18.4. The van der Waals surface area contributed by atoms with Crippen LogP contribution in [0.25, 0.3) is 0 Å². The van der Waals surface area contributed by atoms with Crippen molar-refractivity contribution in [3.63, 3.8) is 0 Å². The van der Waals surface area contributed by atoms with Gasteiger partial charge in [-0.3, -0.25) is 0 Å². The van der Waals surface area contributed by atoms with E-state index >= 15 is 0 Å². The van der Waals surface area contributed by atoms with E-state index in [1.165, 1.54) is 19.3 Å². The number of esters is 2. The third kappa shape index (κ3) is 5.31. The number of rotatable bonds is 5. The molecule has 2 aromatic carbocycles. The van der Waals surface area contributed by atoms with Gasteiger partial charge in [0.05, 0.1) is 17.7 Å². The fourth-order valence-corrected chi connectivity index (χ4v) is 11.7. The first-order valence-corrected chi connectivity index (χ1v) is 18.8. The van der Waals surface area contributed by atoms with Gasteiger partial charge < -0.3 is 15.2 Å². The van der Waals surface area contributed by atoms with Gasteiger partial charge in [0, 0.05) is 16.5 Å². The van der Waals surface area contributed by atoms with Crippen LogP contribution in [-0.4, -0.2) is 24.6 Å². The fraction of sp³-hybridized carbons (Fsp3) is 0.591. The molecule has 0 saturated heterocycles. The highest BCUT2D eigenvalue weighted by atomic mass is 16.5. The number of ether oxygens (including phenoxy) is 2. The van der Waals surface area contributed by atoms with E-state index in [0.29, 0.717) is 40.7 Å². The molecular formula is C44H57NO4. The average Bonchev–Trinajstić information content (AvgIpc) is 3.07. The molecule has 8 atom stereocenters. The highest BCUT2D eigenvalue weighted by molar-refractivity contribution is 5.90. The van der Waals surface area contributed by atoms with Crippen LogP contribution in [0.4, 0.5) is 5.69 Å². The Morgan fingerprint density at radius 1 is 0.755 bits per heavy atom. The van der Waals surface area contributed by atoms with E-state index in [4.69, 9.17) is 15.2 Å². The maximum absolute atomic E-state index is 13.2. The molecule has 3 fully saturated rings. The Balaban J connectivity index is 1.13. The topological polar surface area (TPSA) is 78.6 Å². The van der Waals surface area contributed by atoms with Crippen molar-refractivity contribution in [2.75, 3.05) is 12.3 Å².